The molecule has 0 amide bonds. The van der Waals surface area contributed by atoms with Crippen molar-refractivity contribution in [3.05, 3.63) is 205 Å². The van der Waals surface area contributed by atoms with Crippen LogP contribution in [-0.2, 0) is 0 Å². The Kier molecular flexibility index (Phi) is 8.27. The molecule has 1 aliphatic rings. The smallest absolute Gasteiger partial charge is 0.164 e. The molecule has 2 aromatic heterocycles. The lowest BCUT2D eigenvalue weighted by molar-refractivity contribution is 0.669. The minimum Gasteiger partial charge on any atom is -0.456 e. The van der Waals surface area contributed by atoms with Crippen molar-refractivity contribution in [2.24, 2.45) is 0 Å². The number of fused-ring (bicyclic) bond motifs is 3. The van der Waals surface area contributed by atoms with E-state index in [1.807, 2.05) is 72.8 Å². The molecule has 1 unspecified atom stereocenters. The Labute approximate surface area is 319 Å². The fourth-order valence-electron chi connectivity index (χ4n) is 7.66. The van der Waals surface area contributed by atoms with Crippen LogP contribution in [0.1, 0.15) is 23.5 Å². The van der Waals surface area contributed by atoms with Gasteiger partial charge < -0.3 is 4.42 Å². The zero-order valence-electron chi connectivity index (χ0n) is 30.0. The molecular formula is C51H35N3O. The Balaban J connectivity index is 1.11. The maximum absolute atomic E-state index is 6.51. The van der Waals surface area contributed by atoms with E-state index in [-0.39, 0.29) is 5.92 Å². The van der Waals surface area contributed by atoms with E-state index in [2.05, 4.69) is 121 Å². The monoisotopic (exact) mass is 705 g/mol. The molecule has 10 rings (SSSR count). The summed E-state index contributed by atoms with van der Waals surface area (Å²) in [4.78, 5) is 15.1. The first-order valence-corrected chi connectivity index (χ1v) is 18.7. The lowest BCUT2D eigenvalue weighted by Crippen LogP contribution is -2.00. The first-order chi connectivity index (χ1) is 27.2. The third kappa shape index (κ3) is 6.34. The number of furan rings is 1. The van der Waals surface area contributed by atoms with E-state index >= 15 is 0 Å². The average molecular weight is 706 g/mol. The van der Waals surface area contributed by atoms with Gasteiger partial charge in [0.2, 0.25) is 0 Å². The second-order valence-electron chi connectivity index (χ2n) is 14.0. The maximum atomic E-state index is 6.51. The lowest BCUT2D eigenvalue weighted by Gasteiger charge is -2.19. The van der Waals surface area contributed by atoms with Gasteiger partial charge in [0.15, 0.2) is 17.5 Å². The zero-order chi connectivity index (χ0) is 36.6. The van der Waals surface area contributed by atoms with E-state index in [4.69, 9.17) is 19.4 Å². The molecule has 4 heteroatoms. The summed E-state index contributed by atoms with van der Waals surface area (Å²) < 4.78 is 6.51. The topological polar surface area (TPSA) is 51.8 Å². The van der Waals surface area contributed by atoms with Crippen LogP contribution in [0.3, 0.4) is 0 Å². The van der Waals surface area contributed by atoms with Crippen LogP contribution >= 0.6 is 0 Å². The molecule has 0 aliphatic heterocycles. The molecule has 0 N–H and O–H groups in total. The van der Waals surface area contributed by atoms with Gasteiger partial charge in [-0.3, -0.25) is 0 Å². The number of nitrogens with zero attached hydrogens (tertiary/aromatic N) is 3. The van der Waals surface area contributed by atoms with Gasteiger partial charge in [0.25, 0.3) is 0 Å². The van der Waals surface area contributed by atoms with E-state index in [1.54, 1.807) is 0 Å². The first kappa shape index (κ1) is 32.5. The third-order valence-corrected chi connectivity index (χ3v) is 10.5. The van der Waals surface area contributed by atoms with E-state index in [1.165, 1.54) is 27.8 Å². The van der Waals surface area contributed by atoms with Crippen LogP contribution in [0, 0.1) is 0 Å². The van der Waals surface area contributed by atoms with Crippen LogP contribution in [0.5, 0.6) is 0 Å². The molecular weight excluding hydrogens is 671 g/mol. The summed E-state index contributed by atoms with van der Waals surface area (Å²) in [5.41, 5.74) is 12.9. The van der Waals surface area contributed by atoms with Crippen molar-refractivity contribution in [1.82, 2.24) is 15.0 Å². The standard InChI is InChI=1S/C51H35N3O/c1-5-14-34(15-6-1)36-24-26-37(27-25-36)42-30-41(35-16-7-2-8-17-35)31-43(32-42)40-28-29-46-45(33-40)48-44(22-13-23-47(48)55-46)51-53-49(38-18-9-3-10-19-38)52-50(54-51)39-20-11-4-12-21-39/h1-26,28-33,37H,27H2. The summed E-state index contributed by atoms with van der Waals surface area (Å²) in [5.74, 6) is 2.12. The summed E-state index contributed by atoms with van der Waals surface area (Å²) in [5, 5.41) is 2.00. The molecule has 1 aliphatic carbocycles. The number of rotatable bonds is 7. The Hall–Kier alpha value is -7.17. The molecule has 7 aromatic carbocycles. The number of hydrogen-bond acceptors (Lipinski definition) is 4. The molecule has 2 heterocycles. The van der Waals surface area contributed by atoms with Gasteiger partial charge in [-0.15, -0.1) is 0 Å². The molecule has 0 bridgehead atoms. The second-order valence-corrected chi connectivity index (χ2v) is 14.0. The van der Waals surface area contributed by atoms with Gasteiger partial charge in [-0.1, -0.05) is 170 Å². The normalized spacial score (nSPS) is 14.0. The summed E-state index contributed by atoms with van der Waals surface area (Å²) >= 11 is 0. The van der Waals surface area contributed by atoms with Crippen molar-refractivity contribution in [2.45, 2.75) is 12.3 Å². The van der Waals surface area contributed by atoms with Crippen molar-refractivity contribution in [1.29, 1.82) is 0 Å². The number of hydrogen-bond donors (Lipinski definition) is 0. The Morgan fingerprint density at radius 2 is 1.02 bits per heavy atom. The zero-order valence-corrected chi connectivity index (χ0v) is 30.0. The minimum absolute atomic E-state index is 0.265. The van der Waals surface area contributed by atoms with Crippen LogP contribution in [0.25, 0.3) is 83.9 Å². The summed E-state index contributed by atoms with van der Waals surface area (Å²) in [6.45, 7) is 0. The molecule has 0 fully saturated rings. The molecule has 0 saturated heterocycles. The average Bonchev–Trinajstić information content (AvgIpc) is 3.66. The fraction of sp³-hybridized carbons (Fsp3) is 0.0392. The third-order valence-electron chi connectivity index (χ3n) is 10.5. The van der Waals surface area contributed by atoms with E-state index < -0.39 is 0 Å². The second kappa shape index (κ2) is 14.0. The summed E-state index contributed by atoms with van der Waals surface area (Å²) in [7, 11) is 0. The quantitative estimate of drug-likeness (QED) is 0.166. The van der Waals surface area contributed by atoms with Gasteiger partial charge in [-0.2, -0.15) is 0 Å². The molecule has 260 valence electrons. The fourth-order valence-corrected chi connectivity index (χ4v) is 7.66. The van der Waals surface area contributed by atoms with Crippen molar-refractivity contribution in [2.75, 3.05) is 0 Å². The first-order valence-electron chi connectivity index (χ1n) is 18.7. The predicted octanol–water partition coefficient (Wildman–Crippen LogP) is 13.2. The molecule has 0 saturated carbocycles. The summed E-state index contributed by atoms with van der Waals surface area (Å²) in [6.07, 6.45) is 7.94. The highest BCUT2D eigenvalue weighted by Gasteiger charge is 2.20. The Morgan fingerprint density at radius 3 is 1.64 bits per heavy atom. The number of benzene rings is 7. The van der Waals surface area contributed by atoms with Crippen LogP contribution in [0.2, 0.25) is 0 Å². The van der Waals surface area contributed by atoms with E-state index in [0.29, 0.717) is 17.5 Å². The summed E-state index contributed by atoms with van der Waals surface area (Å²) in [6, 6.07) is 61.1. The molecule has 55 heavy (non-hydrogen) atoms. The van der Waals surface area contributed by atoms with Gasteiger partial charge in [0.1, 0.15) is 11.2 Å². The molecule has 1 atom stereocenters. The highest BCUT2D eigenvalue weighted by molar-refractivity contribution is 6.12. The van der Waals surface area contributed by atoms with Crippen molar-refractivity contribution < 1.29 is 4.42 Å². The van der Waals surface area contributed by atoms with Crippen LogP contribution < -0.4 is 0 Å². The van der Waals surface area contributed by atoms with E-state index in [0.717, 1.165) is 56.2 Å². The number of aromatic nitrogens is 3. The van der Waals surface area contributed by atoms with Gasteiger partial charge >= 0.3 is 0 Å². The van der Waals surface area contributed by atoms with Gasteiger partial charge in [0, 0.05) is 33.4 Å². The Morgan fingerprint density at radius 1 is 0.436 bits per heavy atom. The molecule has 0 radical (unpaired) electrons. The van der Waals surface area contributed by atoms with E-state index in [9.17, 15) is 0 Å². The van der Waals surface area contributed by atoms with Crippen molar-refractivity contribution in [3.63, 3.8) is 0 Å². The SMILES string of the molecule is C1=CC(c2cc(-c3ccccc3)cc(-c3ccc4oc5cccc(-c6nc(-c7ccccc7)nc(-c7ccccc7)n6)c5c4c3)c2)CC=C1c1ccccc1. The predicted molar refractivity (Wildman–Crippen MR) is 225 cm³/mol. The van der Waals surface area contributed by atoms with Gasteiger partial charge in [-0.05, 0) is 69.6 Å². The van der Waals surface area contributed by atoms with Gasteiger partial charge in [-0.25, -0.2) is 15.0 Å². The largest absolute Gasteiger partial charge is 0.456 e. The van der Waals surface area contributed by atoms with Crippen molar-refractivity contribution in [3.8, 4) is 56.4 Å². The highest BCUT2D eigenvalue weighted by atomic mass is 16.3. The van der Waals surface area contributed by atoms with Crippen molar-refractivity contribution >= 4 is 27.5 Å². The maximum Gasteiger partial charge on any atom is 0.164 e. The lowest BCUT2D eigenvalue weighted by atomic mass is 9.85. The number of allylic oxidation sites excluding steroid dienone is 4. The Bertz CT molecular complexity index is 2820. The van der Waals surface area contributed by atoms with Crippen LogP contribution in [0.4, 0.5) is 0 Å². The van der Waals surface area contributed by atoms with Crippen LogP contribution in [-0.4, -0.2) is 15.0 Å². The molecule has 0 spiro atoms. The van der Waals surface area contributed by atoms with Gasteiger partial charge in [0.05, 0.1) is 0 Å². The molecule has 4 nitrogen and oxygen atoms in total. The minimum atomic E-state index is 0.265. The molecule has 9 aromatic rings. The van der Waals surface area contributed by atoms with Crippen LogP contribution in [0.15, 0.2) is 199 Å². The highest BCUT2D eigenvalue weighted by Crippen LogP contribution is 2.40.